The Balaban J connectivity index is 1.91. The van der Waals surface area contributed by atoms with E-state index in [2.05, 4.69) is 15.9 Å². The van der Waals surface area contributed by atoms with E-state index in [1.54, 1.807) is 6.07 Å². The van der Waals surface area contributed by atoms with E-state index in [0.717, 1.165) is 42.6 Å². The van der Waals surface area contributed by atoms with Crippen LogP contribution in [0, 0.1) is 5.92 Å². The molecule has 2 rings (SSSR count). The second-order valence-electron chi connectivity index (χ2n) is 4.17. The molecule has 1 aliphatic heterocycles. The van der Waals surface area contributed by atoms with Gasteiger partial charge in [-0.15, -0.1) is 0 Å². The quantitative estimate of drug-likeness (QED) is 0.802. The Kier molecular flexibility index (Phi) is 4.57. The summed E-state index contributed by atoms with van der Waals surface area (Å²) >= 11 is 3.31. The smallest absolute Gasteiger partial charge is 0.151 e. The molecular formula is C13H15BrO3. The minimum absolute atomic E-state index is 0.562. The molecule has 0 amide bonds. The standard InChI is InChI=1S/C13H15BrO3/c14-13-2-1-12(7-11(13)8-15)17-9-10-3-5-16-6-4-10/h1-2,7-8,10H,3-6,9H2. The number of ether oxygens (including phenoxy) is 2. The van der Waals surface area contributed by atoms with Gasteiger partial charge < -0.3 is 9.47 Å². The topological polar surface area (TPSA) is 35.5 Å². The number of carbonyl (C=O) groups excluding carboxylic acids is 1. The maximum Gasteiger partial charge on any atom is 0.151 e. The number of carbonyl (C=O) groups is 1. The molecule has 1 aromatic carbocycles. The Hall–Kier alpha value is -0.870. The lowest BCUT2D eigenvalue weighted by Crippen LogP contribution is -2.21. The van der Waals surface area contributed by atoms with Crippen LogP contribution in [0.15, 0.2) is 22.7 Å². The summed E-state index contributed by atoms with van der Waals surface area (Å²) in [6, 6.07) is 5.47. The molecule has 1 aliphatic rings. The number of aldehydes is 1. The van der Waals surface area contributed by atoms with Crippen LogP contribution in [0.1, 0.15) is 23.2 Å². The van der Waals surface area contributed by atoms with Crippen LogP contribution in [0.2, 0.25) is 0 Å². The first-order valence-corrected chi connectivity index (χ1v) is 6.54. The van der Waals surface area contributed by atoms with Gasteiger partial charge in [0.2, 0.25) is 0 Å². The van der Waals surface area contributed by atoms with Crippen LogP contribution >= 0.6 is 15.9 Å². The Morgan fingerprint density at radius 2 is 2.18 bits per heavy atom. The molecule has 0 bridgehead atoms. The van der Waals surface area contributed by atoms with E-state index in [1.807, 2.05) is 12.1 Å². The third-order valence-corrected chi connectivity index (χ3v) is 3.64. The van der Waals surface area contributed by atoms with Gasteiger partial charge in [0.25, 0.3) is 0 Å². The number of hydrogen-bond donors (Lipinski definition) is 0. The maximum atomic E-state index is 10.8. The number of hydrogen-bond acceptors (Lipinski definition) is 3. The summed E-state index contributed by atoms with van der Waals surface area (Å²) in [7, 11) is 0. The summed E-state index contributed by atoms with van der Waals surface area (Å²) in [5.74, 6) is 1.31. The zero-order valence-corrected chi connectivity index (χ0v) is 11.1. The predicted molar refractivity (Wildman–Crippen MR) is 68.6 cm³/mol. The highest BCUT2D eigenvalue weighted by Gasteiger charge is 2.14. The summed E-state index contributed by atoms with van der Waals surface area (Å²) in [6.45, 7) is 2.35. The molecule has 0 spiro atoms. The number of rotatable bonds is 4. The normalized spacial score (nSPS) is 16.8. The molecule has 4 heteroatoms. The molecule has 0 unspecified atom stereocenters. The van der Waals surface area contributed by atoms with Crippen molar-refractivity contribution >= 4 is 22.2 Å². The molecule has 17 heavy (non-hydrogen) atoms. The lowest BCUT2D eigenvalue weighted by molar-refractivity contribution is 0.0497. The van der Waals surface area contributed by atoms with Crippen LogP contribution in [0.25, 0.3) is 0 Å². The van der Waals surface area contributed by atoms with Crippen LogP contribution in [0.5, 0.6) is 5.75 Å². The summed E-state index contributed by atoms with van der Waals surface area (Å²) < 4.78 is 11.8. The third-order valence-electron chi connectivity index (χ3n) is 2.92. The van der Waals surface area contributed by atoms with Crippen LogP contribution in [0.4, 0.5) is 0 Å². The van der Waals surface area contributed by atoms with Crippen LogP contribution < -0.4 is 4.74 Å². The molecule has 0 radical (unpaired) electrons. The van der Waals surface area contributed by atoms with Crippen molar-refractivity contribution in [3.8, 4) is 5.75 Å². The van der Waals surface area contributed by atoms with Crippen molar-refractivity contribution in [2.45, 2.75) is 12.8 Å². The van der Waals surface area contributed by atoms with E-state index in [0.29, 0.717) is 18.1 Å². The van der Waals surface area contributed by atoms with Gasteiger partial charge >= 0.3 is 0 Å². The second-order valence-corrected chi connectivity index (χ2v) is 5.02. The first kappa shape index (κ1) is 12.6. The SMILES string of the molecule is O=Cc1cc(OCC2CCOCC2)ccc1Br. The molecule has 0 N–H and O–H groups in total. The van der Waals surface area contributed by atoms with Gasteiger partial charge in [-0.3, -0.25) is 4.79 Å². The highest BCUT2D eigenvalue weighted by molar-refractivity contribution is 9.10. The molecule has 1 saturated heterocycles. The van der Waals surface area contributed by atoms with Crippen molar-refractivity contribution in [1.82, 2.24) is 0 Å². The number of benzene rings is 1. The molecule has 0 aliphatic carbocycles. The van der Waals surface area contributed by atoms with Gasteiger partial charge in [-0.05, 0) is 37.0 Å². The highest BCUT2D eigenvalue weighted by atomic mass is 79.9. The van der Waals surface area contributed by atoms with Crippen molar-refractivity contribution in [3.05, 3.63) is 28.2 Å². The zero-order valence-electron chi connectivity index (χ0n) is 9.52. The largest absolute Gasteiger partial charge is 0.493 e. The van der Waals surface area contributed by atoms with E-state index in [-0.39, 0.29) is 0 Å². The molecule has 1 aromatic rings. The van der Waals surface area contributed by atoms with Gasteiger partial charge in [-0.25, -0.2) is 0 Å². The van der Waals surface area contributed by atoms with Crippen LogP contribution in [-0.2, 0) is 4.74 Å². The van der Waals surface area contributed by atoms with Gasteiger partial charge in [0.15, 0.2) is 6.29 Å². The average Bonchev–Trinajstić information content (AvgIpc) is 2.39. The maximum absolute atomic E-state index is 10.8. The first-order chi connectivity index (χ1) is 8.29. The fraction of sp³-hybridized carbons (Fsp3) is 0.462. The Morgan fingerprint density at radius 1 is 1.41 bits per heavy atom. The third kappa shape index (κ3) is 3.54. The Bertz CT molecular complexity index is 386. The summed E-state index contributed by atoms with van der Waals surface area (Å²) in [6.07, 6.45) is 2.93. The Labute approximate surface area is 109 Å². The average molecular weight is 299 g/mol. The molecule has 0 atom stereocenters. The second kappa shape index (κ2) is 6.17. The summed E-state index contributed by atoms with van der Waals surface area (Å²) in [5, 5.41) is 0. The first-order valence-electron chi connectivity index (χ1n) is 5.75. The number of halogens is 1. The fourth-order valence-corrected chi connectivity index (χ4v) is 2.17. The molecular weight excluding hydrogens is 284 g/mol. The summed E-state index contributed by atoms with van der Waals surface area (Å²) in [4.78, 5) is 10.8. The molecule has 1 fully saturated rings. The lowest BCUT2D eigenvalue weighted by Gasteiger charge is -2.22. The Morgan fingerprint density at radius 3 is 2.88 bits per heavy atom. The van der Waals surface area contributed by atoms with Crippen molar-refractivity contribution in [2.75, 3.05) is 19.8 Å². The minimum Gasteiger partial charge on any atom is -0.493 e. The van der Waals surface area contributed by atoms with Gasteiger partial charge in [0, 0.05) is 23.2 Å². The predicted octanol–water partition coefficient (Wildman–Crippen LogP) is 3.07. The van der Waals surface area contributed by atoms with E-state index < -0.39 is 0 Å². The van der Waals surface area contributed by atoms with Gasteiger partial charge in [0.05, 0.1) is 6.61 Å². The van der Waals surface area contributed by atoms with Crippen molar-refractivity contribution in [1.29, 1.82) is 0 Å². The molecule has 1 heterocycles. The summed E-state index contributed by atoms with van der Waals surface area (Å²) in [5.41, 5.74) is 0.620. The molecule has 0 saturated carbocycles. The van der Waals surface area contributed by atoms with Gasteiger partial charge in [0.1, 0.15) is 5.75 Å². The van der Waals surface area contributed by atoms with E-state index in [9.17, 15) is 4.79 Å². The monoisotopic (exact) mass is 298 g/mol. The van der Waals surface area contributed by atoms with E-state index in [1.165, 1.54) is 0 Å². The zero-order chi connectivity index (χ0) is 12.1. The highest BCUT2D eigenvalue weighted by Crippen LogP contribution is 2.23. The minimum atomic E-state index is 0.562. The van der Waals surface area contributed by atoms with Gasteiger partial charge in [-0.1, -0.05) is 15.9 Å². The van der Waals surface area contributed by atoms with Crippen LogP contribution in [0.3, 0.4) is 0 Å². The molecule has 0 aromatic heterocycles. The van der Waals surface area contributed by atoms with E-state index in [4.69, 9.17) is 9.47 Å². The van der Waals surface area contributed by atoms with Crippen molar-refractivity contribution in [2.24, 2.45) is 5.92 Å². The van der Waals surface area contributed by atoms with Crippen LogP contribution in [-0.4, -0.2) is 26.1 Å². The fourth-order valence-electron chi connectivity index (χ4n) is 1.83. The van der Waals surface area contributed by atoms with Gasteiger partial charge in [-0.2, -0.15) is 0 Å². The van der Waals surface area contributed by atoms with E-state index >= 15 is 0 Å². The molecule has 92 valence electrons. The molecule has 3 nitrogen and oxygen atoms in total. The lowest BCUT2D eigenvalue weighted by atomic mass is 10.0. The van der Waals surface area contributed by atoms with Crippen molar-refractivity contribution < 1.29 is 14.3 Å². The van der Waals surface area contributed by atoms with Crippen molar-refractivity contribution in [3.63, 3.8) is 0 Å².